The predicted octanol–water partition coefficient (Wildman–Crippen LogP) is 1.19. The fourth-order valence-corrected chi connectivity index (χ4v) is 4.53. The van der Waals surface area contributed by atoms with Crippen LogP contribution in [0.1, 0.15) is 42.2 Å². The van der Waals surface area contributed by atoms with Crippen LogP contribution in [0.25, 0.3) is 0 Å². The van der Waals surface area contributed by atoms with Crippen LogP contribution in [0.3, 0.4) is 0 Å². The zero-order chi connectivity index (χ0) is 16.7. The number of hydrogen-bond donors (Lipinski definition) is 1. The first kappa shape index (κ1) is 16.4. The molecule has 1 N–H and O–H groups in total. The standard InChI is InChI=1S/C16H23N3O3S/c1-3-13-5-4-12(10-17-13)15(20)19-7-6-16(11-19)8-14(9-16)18-23(2,21)22/h4-5,10,14,18H,3,6-9,11H2,1-2H3. The minimum absolute atomic E-state index is 0.0190. The van der Waals surface area contributed by atoms with Gasteiger partial charge >= 0.3 is 0 Å². The molecule has 1 saturated carbocycles. The number of carbonyl (C=O) groups is 1. The number of sulfonamides is 1. The van der Waals surface area contributed by atoms with Gasteiger partial charge in [0.2, 0.25) is 10.0 Å². The summed E-state index contributed by atoms with van der Waals surface area (Å²) in [6, 6.07) is 3.76. The quantitative estimate of drug-likeness (QED) is 0.895. The minimum Gasteiger partial charge on any atom is -0.338 e. The number of likely N-dealkylation sites (tertiary alicyclic amines) is 1. The second-order valence-electron chi connectivity index (χ2n) is 6.86. The number of pyridine rings is 1. The van der Waals surface area contributed by atoms with Crippen molar-refractivity contribution in [1.29, 1.82) is 0 Å². The molecule has 3 rings (SSSR count). The molecule has 1 saturated heterocycles. The smallest absolute Gasteiger partial charge is 0.255 e. The highest BCUT2D eigenvalue weighted by molar-refractivity contribution is 7.88. The molecule has 0 bridgehead atoms. The number of rotatable bonds is 4. The minimum atomic E-state index is -3.15. The number of nitrogens with zero attached hydrogens (tertiary/aromatic N) is 2. The second kappa shape index (κ2) is 5.87. The molecule has 1 spiro atoms. The molecule has 0 atom stereocenters. The summed E-state index contributed by atoms with van der Waals surface area (Å²) in [6.07, 6.45) is 6.28. The molecule has 0 aromatic carbocycles. The van der Waals surface area contributed by atoms with E-state index in [1.54, 1.807) is 6.20 Å². The van der Waals surface area contributed by atoms with Gasteiger partial charge in [0.15, 0.2) is 0 Å². The van der Waals surface area contributed by atoms with Gasteiger partial charge in [0, 0.05) is 31.0 Å². The maximum absolute atomic E-state index is 12.6. The molecule has 1 aliphatic heterocycles. The average molecular weight is 337 g/mol. The van der Waals surface area contributed by atoms with Crippen molar-refractivity contribution in [2.24, 2.45) is 5.41 Å². The Balaban J connectivity index is 1.59. The highest BCUT2D eigenvalue weighted by atomic mass is 32.2. The Morgan fingerprint density at radius 2 is 2.17 bits per heavy atom. The van der Waals surface area contributed by atoms with Crippen molar-refractivity contribution in [3.05, 3.63) is 29.6 Å². The number of aromatic nitrogens is 1. The van der Waals surface area contributed by atoms with Gasteiger partial charge in [0.1, 0.15) is 0 Å². The number of nitrogens with one attached hydrogen (secondary N) is 1. The van der Waals surface area contributed by atoms with Crippen LogP contribution in [-0.2, 0) is 16.4 Å². The summed E-state index contributed by atoms with van der Waals surface area (Å²) < 4.78 is 25.2. The normalized spacial score (nSPS) is 27.2. The van der Waals surface area contributed by atoms with Crippen molar-refractivity contribution in [3.63, 3.8) is 0 Å². The highest BCUT2D eigenvalue weighted by Gasteiger charge is 2.50. The number of hydrogen-bond acceptors (Lipinski definition) is 4. The Kier molecular flexibility index (Phi) is 4.18. The van der Waals surface area contributed by atoms with E-state index < -0.39 is 10.0 Å². The van der Waals surface area contributed by atoms with Crippen LogP contribution < -0.4 is 4.72 Å². The van der Waals surface area contributed by atoms with Gasteiger partial charge < -0.3 is 4.90 Å². The molecule has 2 aliphatic rings. The van der Waals surface area contributed by atoms with E-state index in [1.165, 1.54) is 6.26 Å². The van der Waals surface area contributed by atoms with Crippen molar-refractivity contribution in [3.8, 4) is 0 Å². The van der Waals surface area contributed by atoms with Crippen molar-refractivity contribution >= 4 is 15.9 Å². The summed E-state index contributed by atoms with van der Waals surface area (Å²) in [7, 11) is -3.15. The van der Waals surface area contributed by atoms with Gasteiger partial charge in [-0.2, -0.15) is 0 Å². The van der Waals surface area contributed by atoms with Crippen molar-refractivity contribution in [2.75, 3.05) is 19.3 Å². The maximum atomic E-state index is 12.6. The Labute approximate surface area is 137 Å². The highest BCUT2D eigenvalue weighted by Crippen LogP contribution is 2.48. The van der Waals surface area contributed by atoms with E-state index >= 15 is 0 Å². The fourth-order valence-electron chi connectivity index (χ4n) is 3.76. The summed E-state index contributed by atoms with van der Waals surface area (Å²) in [5.41, 5.74) is 1.70. The molecule has 1 aromatic heterocycles. The number of aryl methyl sites for hydroxylation is 1. The maximum Gasteiger partial charge on any atom is 0.255 e. The first-order valence-electron chi connectivity index (χ1n) is 8.02. The third-order valence-electron chi connectivity index (χ3n) is 4.90. The van der Waals surface area contributed by atoms with Crippen LogP contribution in [-0.4, -0.2) is 49.6 Å². The van der Waals surface area contributed by atoms with Crippen LogP contribution in [0, 0.1) is 5.41 Å². The van der Waals surface area contributed by atoms with Crippen molar-refractivity contribution in [1.82, 2.24) is 14.6 Å². The third kappa shape index (κ3) is 3.55. The molecule has 126 valence electrons. The lowest BCUT2D eigenvalue weighted by Crippen LogP contribution is -2.51. The summed E-state index contributed by atoms with van der Waals surface area (Å²) >= 11 is 0. The summed E-state index contributed by atoms with van der Waals surface area (Å²) in [4.78, 5) is 18.7. The number of amides is 1. The SMILES string of the molecule is CCc1ccc(C(=O)N2CCC3(CC(NS(C)(=O)=O)C3)C2)cn1. The van der Waals surface area contributed by atoms with Gasteiger partial charge in [-0.3, -0.25) is 9.78 Å². The molecule has 0 radical (unpaired) electrons. The summed E-state index contributed by atoms with van der Waals surface area (Å²) in [5.74, 6) is 0.0246. The summed E-state index contributed by atoms with van der Waals surface area (Å²) in [6.45, 7) is 3.48. The first-order chi connectivity index (χ1) is 10.8. The van der Waals surface area contributed by atoms with Gasteiger partial charge in [-0.25, -0.2) is 13.1 Å². The third-order valence-corrected chi connectivity index (χ3v) is 5.66. The van der Waals surface area contributed by atoms with Gasteiger partial charge in [0.05, 0.1) is 11.8 Å². The van der Waals surface area contributed by atoms with E-state index in [0.717, 1.165) is 37.9 Å². The first-order valence-corrected chi connectivity index (χ1v) is 9.91. The lowest BCUT2D eigenvalue weighted by molar-refractivity contribution is 0.0688. The van der Waals surface area contributed by atoms with Gasteiger partial charge in [-0.1, -0.05) is 6.92 Å². The molecule has 2 heterocycles. The molecule has 0 unspecified atom stereocenters. The Bertz CT molecular complexity index is 694. The van der Waals surface area contributed by atoms with Crippen LogP contribution in [0.2, 0.25) is 0 Å². The topological polar surface area (TPSA) is 79.4 Å². The fraction of sp³-hybridized carbons (Fsp3) is 0.625. The van der Waals surface area contributed by atoms with Crippen LogP contribution >= 0.6 is 0 Å². The molecule has 1 amide bonds. The zero-order valence-corrected chi connectivity index (χ0v) is 14.4. The number of carbonyl (C=O) groups excluding carboxylic acids is 1. The Morgan fingerprint density at radius 1 is 1.43 bits per heavy atom. The molecule has 1 aromatic rings. The molecule has 1 aliphatic carbocycles. The van der Waals surface area contributed by atoms with E-state index in [9.17, 15) is 13.2 Å². The van der Waals surface area contributed by atoms with E-state index in [1.807, 2.05) is 24.0 Å². The lowest BCUT2D eigenvalue weighted by Gasteiger charge is -2.45. The van der Waals surface area contributed by atoms with E-state index in [0.29, 0.717) is 12.1 Å². The zero-order valence-electron chi connectivity index (χ0n) is 13.6. The largest absolute Gasteiger partial charge is 0.338 e. The molecule has 6 nitrogen and oxygen atoms in total. The van der Waals surface area contributed by atoms with E-state index in [-0.39, 0.29) is 17.4 Å². The Hall–Kier alpha value is -1.47. The Morgan fingerprint density at radius 3 is 2.74 bits per heavy atom. The van der Waals surface area contributed by atoms with Gasteiger partial charge in [-0.15, -0.1) is 0 Å². The molecular weight excluding hydrogens is 314 g/mol. The van der Waals surface area contributed by atoms with Gasteiger partial charge in [0.25, 0.3) is 5.91 Å². The molecule has 7 heteroatoms. The van der Waals surface area contributed by atoms with E-state index in [4.69, 9.17) is 0 Å². The van der Waals surface area contributed by atoms with Crippen LogP contribution in [0.5, 0.6) is 0 Å². The van der Waals surface area contributed by atoms with E-state index in [2.05, 4.69) is 9.71 Å². The molecular formula is C16H23N3O3S. The monoisotopic (exact) mass is 337 g/mol. The second-order valence-corrected chi connectivity index (χ2v) is 8.64. The van der Waals surface area contributed by atoms with Crippen LogP contribution in [0.15, 0.2) is 18.3 Å². The summed E-state index contributed by atoms with van der Waals surface area (Å²) in [5, 5.41) is 0. The van der Waals surface area contributed by atoms with Crippen molar-refractivity contribution < 1.29 is 13.2 Å². The van der Waals surface area contributed by atoms with Crippen LogP contribution in [0.4, 0.5) is 0 Å². The predicted molar refractivity (Wildman–Crippen MR) is 87.6 cm³/mol. The molecule has 2 fully saturated rings. The molecule has 23 heavy (non-hydrogen) atoms. The lowest BCUT2D eigenvalue weighted by atomic mass is 9.65. The average Bonchev–Trinajstić information content (AvgIpc) is 2.90. The van der Waals surface area contributed by atoms with Crippen molar-refractivity contribution in [2.45, 2.75) is 38.6 Å². The van der Waals surface area contributed by atoms with Gasteiger partial charge in [-0.05, 0) is 43.2 Å².